The summed E-state index contributed by atoms with van der Waals surface area (Å²) in [5.74, 6) is 1.32. The minimum atomic E-state index is -0.705. The molecule has 0 bridgehead atoms. The summed E-state index contributed by atoms with van der Waals surface area (Å²) in [4.78, 5) is 6.99. The Morgan fingerprint density at radius 2 is 2.17 bits per heavy atom. The lowest BCUT2D eigenvalue weighted by atomic mass is 10.0. The molecule has 0 aliphatic carbocycles. The Labute approximate surface area is 139 Å². The highest BCUT2D eigenvalue weighted by molar-refractivity contribution is 5.80. The SMILES string of the molecule is CCNC(=NCC(O)c1ccco1)NC1CCN(C(C)C)CC1. The van der Waals surface area contributed by atoms with Crippen molar-refractivity contribution < 1.29 is 9.52 Å². The molecular weight excluding hydrogens is 292 g/mol. The topological polar surface area (TPSA) is 73.0 Å². The van der Waals surface area contributed by atoms with Crippen LogP contribution in [0.5, 0.6) is 0 Å². The fraction of sp³-hybridized carbons (Fsp3) is 0.706. The number of nitrogens with zero attached hydrogens (tertiary/aromatic N) is 2. The summed E-state index contributed by atoms with van der Waals surface area (Å²) in [7, 11) is 0. The van der Waals surface area contributed by atoms with E-state index in [4.69, 9.17) is 4.42 Å². The number of nitrogens with one attached hydrogen (secondary N) is 2. The largest absolute Gasteiger partial charge is 0.467 e. The van der Waals surface area contributed by atoms with E-state index in [1.807, 2.05) is 6.92 Å². The van der Waals surface area contributed by atoms with E-state index in [0.717, 1.165) is 38.4 Å². The van der Waals surface area contributed by atoms with Crippen LogP contribution in [0.1, 0.15) is 45.5 Å². The van der Waals surface area contributed by atoms with E-state index in [1.165, 1.54) is 0 Å². The Morgan fingerprint density at radius 3 is 2.74 bits per heavy atom. The lowest BCUT2D eigenvalue weighted by Crippen LogP contribution is -2.50. The van der Waals surface area contributed by atoms with E-state index in [9.17, 15) is 5.11 Å². The minimum absolute atomic E-state index is 0.285. The Hall–Kier alpha value is -1.53. The number of aliphatic imine (C=N–C) groups is 1. The number of likely N-dealkylation sites (tertiary alicyclic amines) is 1. The molecule has 1 saturated heterocycles. The normalized spacial score (nSPS) is 19.1. The van der Waals surface area contributed by atoms with Crippen LogP contribution < -0.4 is 10.6 Å². The zero-order valence-corrected chi connectivity index (χ0v) is 14.5. The van der Waals surface area contributed by atoms with Crippen LogP contribution in [0.15, 0.2) is 27.8 Å². The van der Waals surface area contributed by atoms with Crippen molar-refractivity contribution >= 4 is 5.96 Å². The lowest BCUT2D eigenvalue weighted by Gasteiger charge is -2.35. The van der Waals surface area contributed by atoms with E-state index in [2.05, 4.69) is 34.4 Å². The fourth-order valence-electron chi connectivity index (χ4n) is 2.82. The van der Waals surface area contributed by atoms with Gasteiger partial charge in [-0.1, -0.05) is 0 Å². The van der Waals surface area contributed by atoms with E-state index in [1.54, 1.807) is 18.4 Å². The number of aliphatic hydroxyl groups excluding tert-OH is 1. The van der Waals surface area contributed by atoms with Crippen molar-refractivity contribution in [3.05, 3.63) is 24.2 Å². The standard InChI is InChI=1S/C17H30N4O2/c1-4-18-17(19-12-15(22)16-6-5-11-23-16)20-14-7-9-21(10-8-14)13(2)3/h5-6,11,13-15,22H,4,7-10,12H2,1-3H3,(H2,18,19,20). The zero-order chi connectivity index (χ0) is 16.7. The van der Waals surface area contributed by atoms with Gasteiger partial charge in [-0.15, -0.1) is 0 Å². The molecule has 23 heavy (non-hydrogen) atoms. The highest BCUT2D eigenvalue weighted by Gasteiger charge is 2.21. The summed E-state index contributed by atoms with van der Waals surface area (Å²) in [6.45, 7) is 9.85. The van der Waals surface area contributed by atoms with Crippen LogP contribution in [0.4, 0.5) is 0 Å². The first-order chi connectivity index (χ1) is 11.1. The van der Waals surface area contributed by atoms with Gasteiger partial charge in [-0.05, 0) is 45.7 Å². The zero-order valence-electron chi connectivity index (χ0n) is 14.5. The van der Waals surface area contributed by atoms with Crippen LogP contribution in [0, 0.1) is 0 Å². The Morgan fingerprint density at radius 1 is 1.43 bits per heavy atom. The number of aliphatic hydroxyl groups is 1. The third-order valence-electron chi connectivity index (χ3n) is 4.24. The summed E-state index contributed by atoms with van der Waals surface area (Å²) in [5, 5.41) is 16.8. The molecule has 0 amide bonds. The van der Waals surface area contributed by atoms with E-state index in [-0.39, 0.29) is 6.54 Å². The first kappa shape index (κ1) is 17.8. The molecule has 2 rings (SSSR count). The van der Waals surface area contributed by atoms with Gasteiger partial charge >= 0.3 is 0 Å². The van der Waals surface area contributed by atoms with E-state index < -0.39 is 6.10 Å². The molecule has 0 radical (unpaired) electrons. The summed E-state index contributed by atoms with van der Waals surface area (Å²) < 4.78 is 5.21. The molecule has 0 spiro atoms. The third kappa shape index (κ3) is 5.55. The molecule has 1 unspecified atom stereocenters. The van der Waals surface area contributed by atoms with Gasteiger partial charge in [0.2, 0.25) is 0 Å². The van der Waals surface area contributed by atoms with Crippen molar-refractivity contribution in [1.29, 1.82) is 0 Å². The van der Waals surface area contributed by atoms with Gasteiger partial charge in [-0.2, -0.15) is 0 Å². The first-order valence-corrected chi connectivity index (χ1v) is 8.60. The van der Waals surface area contributed by atoms with Crippen molar-refractivity contribution in [2.75, 3.05) is 26.2 Å². The average Bonchev–Trinajstić information content (AvgIpc) is 3.07. The lowest BCUT2D eigenvalue weighted by molar-refractivity contribution is 0.157. The van der Waals surface area contributed by atoms with Gasteiger partial charge in [0.05, 0.1) is 12.8 Å². The molecule has 1 aliphatic heterocycles. The van der Waals surface area contributed by atoms with Gasteiger partial charge < -0.3 is 25.1 Å². The summed E-state index contributed by atoms with van der Waals surface area (Å²) >= 11 is 0. The van der Waals surface area contributed by atoms with Gasteiger partial charge in [-0.25, -0.2) is 0 Å². The monoisotopic (exact) mass is 322 g/mol. The second-order valence-electron chi connectivity index (χ2n) is 6.30. The highest BCUT2D eigenvalue weighted by atomic mass is 16.4. The number of guanidine groups is 1. The number of hydrogen-bond donors (Lipinski definition) is 3. The van der Waals surface area contributed by atoms with Crippen LogP contribution in [0.3, 0.4) is 0 Å². The Bertz CT molecular complexity index is 465. The molecule has 6 nitrogen and oxygen atoms in total. The maximum atomic E-state index is 10.1. The van der Waals surface area contributed by atoms with Crippen LogP contribution in [-0.4, -0.2) is 54.2 Å². The quantitative estimate of drug-likeness (QED) is 0.550. The molecule has 1 fully saturated rings. The van der Waals surface area contributed by atoms with Crippen LogP contribution in [-0.2, 0) is 0 Å². The average molecular weight is 322 g/mol. The number of rotatable bonds is 6. The first-order valence-electron chi connectivity index (χ1n) is 8.60. The molecule has 3 N–H and O–H groups in total. The number of piperidine rings is 1. The molecule has 1 aromatic heterocycles. The van der Waals surface area contributed by atoms with Gasteiger partial charge in [0, 0.05) is 31.7 Å². The summed E-state index contributed by atoms with van der Waals surface area (Å²) in [6.07, 6.45) is 3.09. The van der Waals surface area contributed by atoms with Gasteiger partial charge in [0.15, 0.2) is 5.96 Å². The molecule has 6 heteroatoms. The third-order valence-corrected chi connectivity index (χ3v) is 4.24. The molecule has 130 valence electrons. The van der Waals surface area contributed by atoms with Gasteiger partial charge in [0.1, 0.15) is 11.9 Å². The van der Waals surface area contributed by atoms with Crippen molar-refractivity contribution in [2.45, 2.75) is 51.8 Å². The smallest absolute Gasteiger partial charge is 0.191 e. The number of furan rings is 1. The summed E-state index contributed by atoms with van der Waals surface area (Å²) in [5.41, 5.74) is 0. The molecular formula is C17H30N4O2. The maximum absolute atomic E-state index is 10.1. The molecule has 0 saturated carbocycles. The summed E-state index contributed by atoms with van der Waals surface area (Å²) in [6, 6.07) is 4.58. The van der Waals surface area contributed by atoms with Crippen molar-refractivity contribution in [2.24, 2.45) is 4.99 Å². The Balaban J connectivity index is 1.85. The predicted molar refractivity (Wildman–Crippen MR) is 92.5 cm³/mol. The van der Waals surface area contributed by atoms with Gasteiger partial charge in [-0.3, -0.25) is 4.99 Å². The molecule has 0 aromatic carbocycles. The van der Waals surface area contributed by atoms with E-state index in [0.29, 0.717) is 17.8 Å². The van der Waals surface area contributed by atoms with Crippen LogP contribution in [0.2, 0.25) is 0 Å². The van der Waals surface area contributed by atoms with Crippen LogP contribution in [0.25, 0.3) is 0 Å². The van der Waals surface area contributed by atoms with Crippen molar-refractivity contribution in [1.82, 2.24) is 15.5 Å². The van der Waals surface area contributed by atoms with Crippen molar-refractivity contribution in [3.8, 4) is 0 Å². The second kappa shape index (κ2) is 8.93. The molecule has 1 aromatic rings. The molecule has 1 atom stereocenters. The Kier molecular flexibility index (Phi) is 6.92. The van der Waals surface area contributed by atoms with E-state index >= 15 is 0 Å². The van der Waals surface area contributed by atoms with Crippen LogP contribution >= 0.6 is 0 Å². The molecule has 1 aliphatic rings. The minimum Gasteiger partial charge on any atom is -0.467 e. The fourth-order valence-corrected chi connectivity index (χ4v) is 2.82. The predicted octanol–water partition coefficient (Wildman–Crippen LogP) is 1.74. The maximum Gasteiger partial charge on any atom is 0.191 e. The van der Waals surface area contributed by atoms with Crippen molar-refractivity contribution in [3.63, 3.8) is 0 Å². The second-order valence-corrected chi connectivity index (χ2v) is 6.30. The number of hydrogen-bond acceptors (Lipinski definition) is 4. The highest BCUT2D eigenvalue weighted by Crippen LogP contribution is 2.14. The van der Waals surface area contributed by atoms with Gasteiger partial charge in [0.25, 0.3) is 0 Å². The molecule has 2 heterocycles.